The van der Waals surface area contributed by atoms with Crippen LogP contribution in [0.4, 0.5) is 5.69 Å². The van der Waals surface area contributed by atoms with Crippen LogP contribution in [0, 0.1) is 0 Å². The Hall–Kier alpha value is -2.54. The van der Waals surface area contributed by atoms with Crippen LogP contribution < -0.4 is 9.41 Å². The quantitative estimate of drug-likeness (QED) is 0.591. The topological polar surface area (TPSA) is 77.5 Å². The van der Waals surface area contributed by atoms with E-state index in [4.69, 9.17) is 23.2 Å². The molecular weight excluding hydrogens is 421 g/mol. The standard InChI is InChI=1S/C20H15Cl2NO4S/c21-16-8-4-5-9-18(16)23(13-14-6-2-1-3-7-14)28(26,27)19-12-15(20(24)25)10-11-17(19)22/h1-12H,13H2,(H,24,25)/p-1. The van der Waals surface area contributed by atoms with Crippen LogP contribution in [0.3, 0.4) is 0 Å². The summed E-state index contributed by atoms with van der Waals surface area (Å²) in [6.07, 6.45) is 0. The van der Waals surface area contributed by atoms with Crippen molar-refractivity contribution in [2.45, 2.75) is 11.4 Å². The van der Waals surface area contributed by atoms with E-state index < -0.39 is 16.0 Å². The fourth-order valence-electron chi connectivity index (χ4n) is 2.65. The van der Waals surface area contributed by atoms with Gasteiger partial charge < -0.3 is 9.90 Å². The smallest absolute Gasteiger partial charge is 0.266 e. The van der Waals surface area contributed by atoms with E-state index >= 15 is 0 Å². The third kappa shape index (κ3) is 4.14. The van der Waals surface area contributed by atoms with E-state index in [0.717, 1.165) is 15.9 Å². The minimum Gasteiger partial charge on any atom is -0.545 e. The molecule has 0 N–H and O–H groups in total. The van der Waals surface area contributed by atoms with Crippen molar-refractivity contribution in [3.8, 4) is 0 Å². The first kappa shape index (κ1) is 20.2. The van der Waals surface area contributed by atoms with E-state index in [1.54, 1.807) is 48.5 Å². The summed E-state index contributed by atoms with van der Waals surface area (Å²) in [4.78, 5) is 10.9. The highest BCUT2D eigenvalue weighted by molar-refractivity contribution is 7.93. The van der Waals surface area contributed by atoms with Gasteiger partial charge in [-0.2, -0.15) is 0 Å². The van der Waals surface area contributed by atoms with Crippen LogP contribution in [0.15, 0.2) is 77.7 Å². The van der Waals surface area contributed by atoms with Crippen LogP contribution in [-0.2, 0) is 16.6 Å². The molecule has 0 aliphatic rings. The monoisotopic (exact) mass is 434 g/mol. The number of carbonyl (C=O) groups excluding carboxylic acids is 1. The van der Waals surface area contributed by atoms with Crippen molar-refractivity contribution in [1.82, 2.24) is 0 Å². The molecule has 8 heteroatoms. The van der Waals surface area contributed by atoms with Crippen molar-refractivity contribution in [2.75, 3.05) is 4.31 Å². The first-order valence-electron chi connectivity index (χ1n) is 8.13. The summed E-state index contributed by atoms with van der Waals surface area (Å²) in [5.74, 6) is -1.50. The molecule has 0 spiro atoms. The molecule has 28 heavy (non-hydrogen) atoms. The number of hydrogen-bond acceptors (Lipinski definition) is 4. The molecule has 0 fully saturated rings. The molecule has 3 rings (SSSR count). The fraction of sp³-hybridized carbons (Fsp3) is 0.0500. The first-order chi connectivity index (χ1) is 13.3. The number of benzene rings is 3. The lowest BCUT2D eigenvalue weighted by molar-refractivity contribution is -0.255. The van der Waals surface area contributed by atoms with Crippen molar-refractivity contribution in [3.05, 3.63) is 94.0 Å². The Labute approximate surface area is 172 Å². The van der Waals surface area contributed by atoms with Crippen LogP contribution >= 0.6 is 23.2 Å². The number of sulfonamides is 1. The molecule has 3 aromatic carbocycles. The molecule has 5 nitrogen and oxygen atoms in total. The molecule has 0 amide bonds. The predicted molar refractivity (Wildman–Crippen MR) is 107 cm³/mol. The Morgan fingerprint density at radius 3 is 2.18 bits per heavy atom. The number of hydrogen-bond donors (Lipinski definition) is 0. The second kappa shape index (κ2) is 8.22. The van der Waals surface area contributed by atoms with Crippen molar-refractivity contribution in [3.63, 3.8) is 0 Å². The Morgan fingerprint density at radius 2 is 1.54 bits per heavy atom. The van der Waals surface area contributed by atoms with E-state index in [0.29, 0.717) is 0 Å². The fourth-order valence-corrected chi connectivity index (χ4v) is 4.91. The Kier molecular flexibility index (Phi) is 5.93. The maximum atomic E-state index is 13.5. The minimum atomic E-state index is -4.24. The SMILES string of the molecule is O=C([O-])c1ccc(Cl)c(S(=O)(=O)N(Cc2ccccc2)c2ccccc2Cl)c1. The van der Waals surface area contributed by atoms with E-state index in [1.165, 1.54) is 12.1 Å². The third-order valence-corrected chi connectivity index (χ3v) is 6.59. The van der Waals surface area contributed by atoms with Gasteiger partial charge in [0.1, 0.15) is 4.90 Å². The second-order valence-electron chi connectivity index (χ2n) is 5.88. The molecule has 0 aromatic heterocycles. The van der Waals surface area contributed by atoms with Crippen LogP contribution in [0.1, 0.15) is 15.9 Å². The molecular formula is C20H14Cl2NO4S-. The number of carboxylic acid groups (broad SMARTS) is 1. The van der Waals surface area contributed by atoms with E-state index in [9.17, 15) is 18.3 Å². The van der Waals surface area contributed by atoms with Crippen molar-refractivity contribution >= 4 is 44.9 Å². The van der Waals surface area contributed by atoms with Gasteiger partial charge in [0.15, 0.2) is 0 Å². The Bertz CT molecular complexity index is 1120. The molecule has 0 unspecified atom stereocenters. The zero-order chi connectivity index (χ0) is 20.3. The number of nitrogens with zero attached hydrogens (tertiary/aromatic N) is 1. The lowest BCUT2D eigenvalue weighted by atomic mass is 10.2. The molecule has 0 saturated carbocycles. The number of carbonyl (C=O) groups is 1. The average Bonchev–Trinajstić information content (AvgIpc) is 2.67. The summed E-state index contributed by atoms with van der Waals surface area (Å²) in [6.45, 7) is -0.0151. The van der Waals surface area contributed by atoms with E-state index in [2.05, 4.69) is 0 Å². The van der Waals surface area contributed by atoms with Gasteiger partial charge in [-0.3, -0.25) is 4.31 Å². The Balaban J connectivity index is 2.18. The van der Waals surface area contributed by atoms with Gasteiger partial charge in [-0.15, -0.1) is 0 Å². The summed E-state index contributed by atoms with van der Waals surface area (Å²) < 4.78 is 28.0. The van der Waals surface area contributed by atoms with Crippen LogP contribution in [0.25, 0.3) is 0 Å². The molecule has 0 saturated heterocycles. The summed E-state index contributed by atoms with van der Waals surface area (Å²) in [7, 11) is -4.24. The number of para-hydroxylation sites is 1. The predicted octanol–water partition coefficient (Wildman–Crippen LogP) is 3.75. The molecule has 0 radical (unpaired) electrons. The van der Waals surface area contributed by atoms with E-state index in [-0.39, 0.29) is 32.7 Å². The van der Waals surface area contributed by atoms with Crippen LogP contribution in [-0.4, -0.2) is 14.4 Å². The van der Waals surface area contributed by atoms with E-state index in [1.807, 2.05) is 6.07 Å². The number of aromatic carboxylic acids is 1. The third-order valence-electron chi connectivity index (χ3n) is 4.03. The number of carboxylic acids is 1. The van der Waals surface area contributed by atoms with Crippen LogP contribution in [0.5, 0.6) is 0 Å². The minimum absolute atomic E-state index is 0.0151. The number of rotatable bonds is 6. The van der Waals surface area contributed by atoms with Crippen LogP contribution in [0.2, 0.25) is 10.0 Å². The lowest BCUT2D eigenvalue weighted by Crippen LogP contribution is -2.31. The molecule has 0 heterocycles. The molecule has 3 aromatic rings. The van der Waals surface area contributed by atoms with Gasteiger partial charge in [-0.1, -0.05) is 71.7 Å². The van der Waals surface area contributed by atoms with Gasteiger partial charge in [-0.05, 0) is 35.4 Å². The Morgan fingerprint density at radius 1 is 0.893 bits per heavy atom. The highest BCUT2D eigenvalue weighted by Gasteiger charge is 2.29. The summed E-state index contributed by atoms with van der Waals surface area (Å²) in [5, 5.41) is 11.3. The zero-order valence-electron chi connectivity index (χ0n) is 14.4. The number of halogens is 2. The van der Waals surface area contributed by atoms with Gasteiger partial charge >= 0.3 is 0 Å². The molecule has 144 valence electrons. The number of anilines is 1. The van der Waals surface area contributed by atoms with Gasteiger partial charge in [-0.25, -0.2) is 8.42 Å². The van der Waals surface area contributed by atoms with Gasteiger partial charge in [0.2, 0.25) is 0 Å². The zero-order valence-corrected chi connectivity index (χ0v) is 16.7. The maximum Gasteiger partial charge on any atom is 0.266 e. The first-order valence-corrected chi connectivity index (χ1v) is 10.3. The normalized spacial score (nSPS) is 11.2. The molecule has 0 atom stereocenters. The lowest BCUT2D eigenvalue weighted by Gasteiger charge is -2.26. The largest absolute Gasteiger partial charge is 0.545 e. The van der Waals surface area contributed by atoms with Gasteiger partial charge in [0, 0.05) is 0 Å². The highest BCUT2D eigenvalue weighted by Crippen LogP contribution is 2.34. The molecule has 0 aliphatic carbocycles. The highest BCUT2D eigenvalue weighted by atomic mass is 35.5. The van der Waals surface area contributed by atoms with Crippen molar-refractivity contribution in [1.29, 1.82) is 0 Å². The summed E-state index contributed by atoms with van der Waals surface area (Å²) >= 11 is 12.4. The second-order valence-corrected chi connectivity index (χ2v) is 8.53. The summed E-state index contributed by atoms with van der Waals surface area (Å²) in [5.41, 5.74) is 0.683. The van der Waals surface area contributed by atoms with Crippen molar-refractivity contribution in [2.24, 2.45) is 0 Å². The average molecular weight is 435 g/mol. The van der Waals surface area contributed by atoms with Gasteiger partial charge in [0.05, 0.1) is 28.2 Å². The molecule has 0 bridgehead atoms. The van der Waals surface area contributed by atoms with Crippen molar-refractivity contribution < 1.29 is 18.3 Å². The summed E-state index contributed by atoms with van der Waals surface area (Å²) in [6, 6.07) is 18.8. The maximum absolute atomic E-state index is 13.5. The molecule has 0 aliphatic heterocycles. The van der Waals surface area contributed by atoms with Gasteiger partial charge in [0.25, 0.3) is 10.0 Å².